The molecule has 0 bridgehead atoms. The monoisotopic (exact) mass is 240 g/mol. The van der Waals surface area contributed by atoms with Gasteiger partial charge in [0.05, 0.1) is 0 Å². The van der Waals surface area contributed by atoms with Crippen LogP contribution in [0.5, 0.6) is 0 Å². The van der Waals surface area contributed by atoms with Gasteiger partial charge in [-0.25, -0.2) is 0 Å². The van der Waals surface area contributed by atoms with Crippen molar-refractivity contribution in [3.8, 4) is 0 Å². The van der Waals surface area contributed by atoms with Crippen molar-refractivity contribution in [2.75, 3.05) is 26.2 Å². The molecule has 1 aliphatic rings. The first kappa shape index (κ1) is 15.0. The molecule has 2 heteroatoms. The number of nitrogens with one attached hydrogen (secondary N) is 1. The van der Waals surface area contributed by atoms with E-state index in [4.69, 9.17) is 0 Å². The van der Waals surface area contributed by atoms with E-state index in [0.29, 0.717) is 5.54 Å². The van der Waals surface area contributed by atoms with Gasteiger partial charge in [-0.2, -0.15) is 0 Å². The molecule has 1 rings (SSSR count). The molecule has 1 aliphatic heterocycles. The maximum atomic E-state index is 3.65. The summed E-state index contributed by atoms with van der Waals surface area (Å²) in [5.74, 6) is 1.01. The van der Waals surface area contributed by atoms with Crippen LogP contribution in [0.1, 0.15) is 59.8 Å². The molecule has 0 aromatic heterocycles. The van der Waals surface area contributed by atoms with Gasteiger partial charge in [0.25, 0.3) is 0 Å². The number of likely N-dealkylation sites (tertiary alicyclic amines) is 1. The molecule has 102 valence electrons. The lowest BCUT2D eigenvalue weighted by atomic mass is 9.92. The third-order valence-corrected chi connectivity index (χ3v) is 4.32. The topological polar surface area (TPSA) is 15.3 Å². The van der Waals surface area contributed by atoms with Crippen LogP contribution in [0.2, 0.25) is 0 Å². The van der Waals surface area contributed by atoms with Gasteiger partial charge in [0.2, 0.25) is 0 Å². The summed E-state index contributed by atoms with van der Waals surface area (Å²) in [6.45, 7) is 14.1. The van der Waals surface area contributed by atoms with E-state index in [1.165, 1.54) is 51.7 Å². The Labute approximate surface area is 108 Å². The molecule has 0 atom stereocenters. The van der Waals surface area contributed by atoms with E-state index in [-0.39, 0.29) is 0 Å². The Morgan fingerprint density at radius 3 is 2.35 bits per heavy atom. The predicted octanol–water partition coefficient (Wildman–Crippen LogP) is 3.28. The molecule has 0 spiro atoms. The van der Waals surface area contributed by atoms with Crippen LogP contribution < -0.4 is 5.32 Å². The number of rotatable bonds is 7. The number of piperidine rings is 1. The molecule has 2 nitrogen and oxygen atoms in total. The van der Waals surface area contributed by atoms with Gasteiger partial charge in [-0.3, -0.25) is 0 Å². The first-order chi connectivity index (χ1) is 8.07. The highest BCUT2D eigenvalue weighted by atomic mass is 15.1. The Morgan fingerprint density at radius 2 is 1.82 bits per heavy atom. The standard InChI is InChI=1S/C15H32N2/c1-5-7-14-8-11-17(12-9-14)13-10-16-15(3,4)6-2/h14,16H,5-13H2,1-4H3. The van der Waals surface area contributed by atoms with Crippen molar-refractivity contribution in [1.82, 2.24) is 10.2 Å². The summed E-state index contributed by atoms with van der Waals surface area (Å²) in [5.41, 5.74) is 0.306. The lowest BCUT2D eigenvalue weighted by Gasteiger charge is -2.33. The fourth-order valence-electron chi connectivity index (χ4n) is 2.58. The minimum atomic E-state index is 0.306. The van der Waals surface area contributed by atoms with Gasteiger partial charge in [0.1, 0.15) is 0 Å². The van der Waals surface area contributed by atoms with Crippen molar-refractivity contribution in [3.05, 3.63) is 0 Å². The Bertz CT molecular complexity index is 193. The summed E-state index contributed by atoms with van der Waals surface area (Å²) in [7, 11) is 0. The van der Waals surface area contributed by atoms with Crippen LogP contribution in [0, 0.1) is 5.92 Å². The summed E-state index contributed by atoms with van der Waals surface area (Å²) >= 11 is 0. The zero-order chi connectivity index (χ0) is 12.7. The van der Waals surface area contributed by atoms with Gasteiger partial charge in [-0.1, -0.05) is 26.7 Å². The highest BCUT2D eigenvalue weighted by molar-refractivity contribution is 4.77. The molecule has 0 aliphatic carbocycles. The maximum Gasteiger partial charge on any atom is 0.0123 e. The van der Waals surface area contributed by atoms with Crippen molar-refractivity contribution in [3.63, 3.8) is 0 Å². The second-order valence-electron chi connectivity index (χ2n) is 6.24. The summed E-state index contributed by atoms with van der Waals surface area (Å²) in [6, 6.07) is 0. The van der Waals surface area contributed by atoms with Crippen LogP contribution in [0.4, 0.5) is 0 Å². The SMILES string of the molecule is CCCC1CCN(CCNC(C)(C)CC)CC1. The van der Waals surface area contributed by atoms with Gasteiger partial charge >= 0.3 is 0 Å². The van der Waals surface area contributed by atoms with E-state index in [0.717, 1.165) is 12.5 Å². The van der Waals surface area contributed by atoms with E-state index in [1.807, 2.05) is 0 Å². The van der Waals surface area contributed by atoms with Crippen LogP contribution in [0.3, 0.4) is 0 Å². The lowest BCUT2D eigenvalue weighted by molar-refractivity contribution is 0.174. The van der Waals surface area contributed by atoms with Crippen molar-refractivity contribution in [2.45, 2.75) is 65.3 Å². The van der Waals surface area contributed by atoms with E-state index in [9.17, 15) is 0 Å². The van der Waals surface area contributed by atoms with E-state index in [2.05, 4.69) is 37.9 Å². The molecule has 0 radical (unpaired) electrons. The summed E-state index contributed by atoms with van der Waals surface area (Å²) in [4.78, 5) is 2.63. The molecule has 0 aromatic rings. The second kappa shape index (κ2) is 7.38. The Morgan fingerprint density at radius 1 is 1.18 bits per heavy atom. The lowest BCUT2D eigenvalue weighted by Crippen LogP contribution is -2.44. The normalized spacial score (nSPS) is 19.8. The largest absolute Gasteiger partial charge is 0.311 e. The molecular formula is C15H32N2. The second-order valence-corrected chi connectivity index (χ2v) is 6.24. The highest BCUT2D eigenvalue weighted by Crippen LogP contribution is 2.21. The van der Waals surface area contributed by atoms with Crippen molar-refractivity contribution >= 4 is 0 Å². The van der Waals surface area contributed by atoms with Gasteiger partial charge < -0.3 is 10.2 Å². The third kappa shape index (κ3) is 5.87. The van der Waals surface area contributed by atoms with Crippen molar-refractivity contribution in [2.24, 2.45) is 5.92 Å². The number of hydrogen-bond acceptors (Lipinski definition) is 2. The molecule has 1 saturated heterocycles. The zero-order valence-corrected chi connectivity index (χ0v) is 12.4. The van der Waals surface area contributed by atoms with Gasteiger partial charge in [-0.15, -0.1) is 0 Å². The number of nitrogens with zero attached hydrogens (tertiary/aromatic N) is 1. The minimum Gasteiger partial charge on any atom is -0.311 e. The van der Waals surface area contributed by atoms with Crippen LogP contribution in [0.25, 0.3) is 0 Å². The zero-order valence-electron chi connectivity index (χ0n) is 12.4. The smallest absolute Gasteiger partial charge is 0.0123 e. The van der Waals surface area contributed by atoms with Crippen LogP contribution in [0.15, 0.2) is 0 Å². The summed E-state index contributed by atoms with van der Waals surface area (Å²) in [6.07, 6.45) is 6.84. The molecule has 1 N–H and O–H groups in total. The van der Waals surface area contributed by atoms with E-state index < -0.39 is 0 Å². The Balaban J connectivity index is 2.10. The first-order valence-electron chi connectivity index (χ1n) is 7.54. The highest BCUT2D eigenvalue weighted by Gasteiger charge is 2.19. The fourth-order valence-corrected chi connectivity index (χ4v) is 2.58. The minimum absolute atomic E-state index is 0.306. The van der Waals surface area contributed by atoms with Gasteiger partial charge in [-0.05, 0) is 52.1 Å². The van der Waals surface area contributed by atoms with Crippen LogP contribution >= 0.6 is 0 Å². The van der Waals surface area contributed by atoms with Crippen molar-refractivity contribution < 1.29 is 0 Å². The fraction of sp³-hybridized carbons (Fsp3) is 1.00. The molecule has 1 fully saturated rings. The molecule has 0 saturated carbocycles. The van der Waals surface area contributed by atoms with Crippen LogP contribution in [-0.4, -0.2) is 36.6 Å². The maximum absolute atomic E-state index is 3.65. The molecule has 0 aromatic carbocycles. The molecule has 0 amide bonds. The third-order valence-electron chi connectivity index (χ3n) is 4.32. The van der Waals surface area contributed by atoms with Gasteiger partial charge in [0.15, 0.2) is 0 Å². The molecule has 1 heterocycles. The summed E-state index contributed by atoms with van der Waals surface area (Å²) < 4.78 is 0. The summed E-state index contributed by atoms with van der Waals surface area (Å²) in [5, 5.41) is 3.65. The average molecular weight is 240 g/mol. The molecule has 17 heavy (non-hydrogen) atoms. The number of hydrogen-bond donors (Lipinski definition) is 1. The first-order valence-corrected chi connectivity index (χ1v) is 7.54. The quantitative estimate of drug-likeness (QED) is 0.735. The predicted molar refractivity (Wildman–Crippen MR) is 76.4 cm³/mol. The van der Waals surface area contributed by atoms with E-state index >= 15 is 0 Å². The van der Waals surface area contributed by atoms with Crippen LogP contribution in [-0.2, 0) is 0 Å². The molecular weight excluding hydrogens is 208 g/mol. The molecule has 0 unspecified atom stereocenters. The van der Waals surface area contributed by atoms with Gasteiger partial charge in [0, 0.05) is 18.6 Å². The Kier molecular flexibility index (Phi) is 6.50. The van der Waals surface area contributed by atoms with E-state index in [1.54, 1.807) is 0 Å². The van der Waals surface area contributed by atoms with Crippen molar-refractivity contribution in [1.29, 1.82) is 0 Å². The Hall–Kier alpha value is -0.0800. The average Bonchev–Trinajstić information content (AvgIpc) is 2.32.